The lowest BCUT2D eigenvalue weighted by molar-refractivity contribution is -0.145. The first-order valence-corrected chi connectivity index (χ1v) is 8.02. The second kappa shape index (κ2) is 8.24. The first-order valence-electron chi connectivity index (χ1n) is 8.02. The van der Waals surface area contributed by atoms with Gasteiger partial charge in [0.25, 0.3) is 5.91 Å². The van der Waals surface area contributed by atoms with Crippen LogP contribution >= 0.6 is 0 Å². The fraction of sp³-hybridized carbons (Fsp3) is 0.250. The van der Waals surface area contributed by atoms with E-state index in [1.54, 1.807) is 30.3 Å². The zero-order valence-corrected chi connectivity index (χ0v) is 14.5. The third kappa shape index (κ3) is 5.28. The summed E-state index contributed by atoms with van der Waals surface area (Å²) in [6.45, 7) is 5.03. The Morgan fingerprint density at radius 2 is 1.64 bits per heavy atom. The number of amides is 1. The summed E-state index contributed by atoms with van der Waals surface area (Å²) < 4.78 is 5.10. The lowest BCUT2D eigenvalue weighted by Crippen LogP contribution is -2.34. The number of nitrogens with one attached hydrogen (secondary N) is 1. The zero-order valence-electron chi connectivity index (χ0n) is 14.5. The maximum absolute atomic E-state index is 12.2. The molecular weight excluding hydrogens is 318 g/mol. The van der Waals surface area contributed by atoms with Gasteiger partial charge in [0, 0.05) is 11.1 Å². The number of benzene rings is 2. The molecule has 5 heteroatoms. The van der Waals surface area contributed by atoms with E-state index in [1.807, 2.05) is 32.0 Å². The van der Waals surface area contributed by atoms with Gasteiger partial charge in [0.05, 0.1) is 0 Å². The van der Waals surface area contributed by atoms with Gasteiger partial charge in [0.15, 0.2) is 6.10 Å². The van der Waals surface area contributed by atoms with Gasteiger partial charge in [-0.05, 0) is 32.9 Å². The summed E-state index contributed by atoms with van der Waals surface area (Å²) in [5.41, 5.74) is 2.94. The summed E-state index contributed by atoms with van der Waals surface area (Å²) in [4.78, 5) is 36.1. The number of carbonyl (C=O) groups excluding carboxylic acids is 3. The number of hydrogen-bond acceptors (Lipinski definition) is 4. The van der Waals surface area contributed by atoms with E-state index in [2.05, 4.69) is 5.32 Å². The van der Waals surface area contributed by atoms with Crippen molar-refractivity contribution in [2.45, 2.75) is 26.9 Å². The molecule has 0 aliphatic heterocycles. The fourth-order valence-electron chi connectivity index (χ4n) is 2.29. The largest absolute Gasteiger partial charge is 0.453 e. The molecule has 2 aromatic carbocycles. The number of Topliss-reactive ketones (excluding diaryl/α,β-unsaturated/α-hetero) is 1. The van der Waals surface area contributed by atoms with Crippen molar-refractivity contribution in [1.29, 1.82) is 0 Å². The first-order chi connectivity index (χ1) is 11.9. The van der Waals surface area contributed by atoms with Crippen molar-refractivity contribution in [3.8, 4) is 0 Å². The van der Waals surface area contributed by atoms with E-state index >= 15 is 0 Å². The third-order valence-electron chi connectivity index (χ3n) is 3.69. The lowest BCUT2D eigenvalue weighted by Gasteiger charge is -2.13. The van der Waals surface area contributed by atoms with Gasteiger partial charge in [-0.15, -0.1) is 0 Å². The quantitative estimate of drug-likeness (QED) is 0.649. The van der Waals surface area contributed by atoms with Gasteiger partial charge in [-0.3, -0.25) is 14.4 Å². The summed E-state index contributed by atoms with van der Waals surface area (Å²) >= 11 is 0. The van der Waals surface area contributed by atoms with Crippen LogP contribution in [0.1, 0.15) is 38.8 Å². The molecule has 0 fully saturated rings. The number of carbonyl (C=O) groups is 3. The van der Waals surface area contributed by atoms with E-state index in [-0.39, 0.29) is 18.2 Å². The summed E-state index contributed by atoms with van der Waals surface area (Å²) in [7, 11) is 0. The summed E-state index contributed by atoms with van der Waals surface area (Å²) in [6, 6.07) is 14.1. The molecule has 1 N–H and O–H groups in total. The highest BCUT2D eigenvalue weighted by molar-refractivity contribution is 6.00. The molecule has 0 saturated heterocycles. The minimum Gasteiger partial charge on any atom is -0.453 e. The molecule has 5 nitrogen and oxygen atoms in total. The van der Waals surface area contributed by atoms with Crippen LogP contribution in [0.5, 0.6) is 0 Å². The van der Waals surface area contributed by atoms with E-state index < -0.39 is 12.1 Å². The van der Waals surface area contributed by atoms with Crippen LogP contribution in [0.4, 0.5) is 0 Å². The average Bonchev–Trinajstić information content (AvgIpc) is 2.59. The van der Waals surface area contributed by atoms with E-state index in [9.17, 15) is 14.4 Å². The maximum atomic E-state index is 12.2. The average molecular weight is 339 g/mol. The number of hydrogen-bond donors (Lipinski definition) is 1. The molecular formula is C20H21NO4. The molecule has 2 aromatic rings. The Balaban J connectivity index is 1.86. The molecule has 2 rings (SSSR count). The third-order valence-corrected chi connectivity index (χ3v) is 3.69. The second-order valence-electron chi connectivity index (χ2n) is 5.91. The van der Waals surface area contributed by atoms with Crippen molar-refractivity contribution in [3.05, 3.63) is 70.8 Å². The second-order valence-corrected chi connectivity index (χ2v) is 5.91. The van der Waals surface area contributed by atoms with Crippen molar-refractivity contribution in [3.63, 3.8) is 0 Å². The van der Waals surface area contributed by atoms with Crippen LogP contribution in [0.25, 0.3) is 0 Å². The Labute approximate surface area is 147 Å². The molecule has 0 aliphatic rings. The van der Waals surface area contributed by atoms with Gasteiger partial charge in [0.2, 0.25) is 5.78 Å². The van der Waals surface area contributed by atoms with Crippen LogP contribution in [0.15, 0.2) is 48.5 Å². The number of ether oxygens (including phenoxy) is 1. The Morgan fingerprint density at radius 3 is 2.28 bits per heavy atom. The highest BCUT2D eigenvalue weighted by Crippen LogP contribution is 2.09. The maximum Gasteiger partial charge on any atom is 0.326 e. The molecule has 0 saturated carbocycles. The van der Waals surface area contributed by atoms with Crippen molar-refractivity contribution in [1.82, 2.24) is 5.32 Å². The van der Waals surface area contributed by atoms with Gasteiger partial charge < -0.3 is 10.1 Å². The van der Waals surface area contributed by atoms with Crippen molar-refractivity contribution in [2.24, 2.45) is 0 Å². The highest BCUT2D eigenvalue weighted by atomic mass is 16.5. The zero-order chi connectivity index (χ0) is 18.4. The summed E-state index contributed by atoms with van der Waals surface area (Å²) in [5, 5.41) is 2.49. The van der Waals surface area contributed by atoms with Crippen molar-refractivity contribution in [2.75, 3.05) is 6.54 Å². The molecule has 0 heterocycles. The fourth-order valence-corrected chi connectivity index (χ4v) is 2.29. The van der Waals surface area contributed by atoms with Gasteiger partial charge in [-0.25, -0.2) is 0 Å². The number of rotatable bonds is 6. The Hall–Kier alpha value is -2.95. The predicted molar refractivity (Wildman–Crippen MR) is 94.6 cm³/mol. The highest BCUT2D eigenvalue weighted by Gasteiger charge is 2.19. The van der Waals surface area contributed by atoms with E-state index in [4.69, 9.17) is 4.74 Å². The molecule has 0 unspecified atom stereocenters. The standard InChI is InChI=1S/C20H21NO4/c1-13-7-9-16(10-8-13)19(23)15(3)25-18(22)12-21-20(24)17-6-4-5-14(2)11-17/h4-11,15H,12H2,1-3H3,(H,21,24)/t15-/m1/s1. The van der Waals surface area contributed by atoms with Crippen molar-refractivity contribution >= 4 is 17.7 Å². The molecule has 0 bridgehead atoms. The van der Waals surface area contributed by atoms with Crippen LogP contribution in [0.2, 0.25) is 0 Å². The predicted octanol–water partition coefficient (Wildman–Crippen LogP) is 2.85. The van der Waals surface area contributed by atoms with E-state index in [0.29, 0.717) is 11.1 Å². The van der Waals surface area contributed by atoms with Crippen molar-refractivity contribution < 1.29 is 19.1 Å². The molecule has 0 spiro atoms. The topological polar surface area (TPSA) is 72.5 Å². The van der Waals surface area contributed by atoms with E-state index in [1.165, 1.54) is 6.92 Å². The van der Waals surface area contributed by atoms with Crippen LogP contribution in [-0.4, -0.2) is 30.3 Å². The normalized spacial score (nSPS) is 11.5. The SMILES string of the molecule is Cc1ccc(C(=O)[C@@H](C)OC(=O)CNC(=O)c2cccc(C)c2)cc1. The lowest BCUT2D eigenvalue weighted by atomic mass is 10.1. The van der Waals surface area contributed by atoms with E-state index in [0.717, 1.165) is 11.1 Å². The Morgan fingerprint density at radius 1 is 0.960 bits per heavy atom. The number of esters is 1. The molecule has 0 radical (unpaired) electrons. The smallest absolute Gasteiger partial charge is 0.326 e. The van der Waals surface area contributed by atoms with Gasteiger partial charge >= 0.3 is 5.97 Å². The monoisotopic (exact) mass is 339 g/mol. The minimum atomic E-state index is -0.911. The number of ketones is 1. The van der Waals surface area contributed by atoms with Crippen LogP contribution in [0, 0.1) is 13.8 Å². The summed E-state index contributed by atoms with van der Waals surface area (Å²) in [5.74, 6) is -1.30. The minimum absolute atomic E-state index is 0.279. The van der Waals surface area contributed by atoms with Crippen LogP contribution < -0.4 is 5.32 Å². The molecule has 0 aromatic heterocycles. The molecule has 1 atom stereocenters. The van der Waals surface area contributed by atoms with Crippen LogP contribution in [0.3, 0.4) is 0 Å². The molecule has 130 valence electrons. The Bertz CT molecular complexity index is 781. The molecule has 0 aliphatic carbocycles. The van der Waals surface area contributed by atoms with Crippen LogP contribution in [-0.2, 0) is 9.53 Å². The molecule has 1 amide bonds. The Kier molecular flexibility index (Phi) is 6.06. The van der Waals surface area contributed by atoms with Gasteiger partial charge in [-0.1, -0.05) is 47.5 Å². The summed E-state index contributed by atoms with van der Waals surface area (Å²) in [6.07, 6.45) is -0.911. The van der Waals surface area contributed by atoms with Gasteiger partial charge in [-0.2, -0.15) is 0 Å². The van der Waals surface area contributed by atoms with Gasteiger partial charge in [0.1, 0.15) is 6.54 Å². The first kappa shape index (κ1) is 18.4. The molecule has 25 heavy (non-hydrogen) atoms. The number of aryl methyl sites for hydroxylation is 2.